The smallest absolute Gasteiger partial charge is 0.408 e. The van der Waals surface area contributed by atoms with Crippen LogP contribution < -0.4 is 10.6 Å². The van der Waals surface area contributed by atoms with Gasteiger partial charge in [-0.15, -0.1) is 0 Å². The van der Waals surface area contributed by atoms with Crippen molar-refractivity contribution in [2.45, 2.75) is 105 Å². The number of hydrogen-bond acceptors (Lipinski definition) is 4. The molecule has 0 bridgehead atoms. The van der Waals surface area contributed by atoms with E-state index in [1.54, 1.807) is 25.7 Å². The maximum atomic E-state index is 14.3. The minimum absolute atomic E-state index is 0.220. The quantitative estimate of drug-likeness (QED) is 0.239. The first-order chi connectivity index (χ1) is 18.9. The first-order valence-electron chi connectivity index (χ1n) is 14.7. The van der Waals surface area contributed by atoms with Gasteiger partial charge in [0, 0.05) is 12.2 Å². The van der Waals surface area contributed by atoms with Crippen molar-refractivity contribution in [3.05, 3.63) is 65.7 Å². The van der Waals surface area contributed by atoms with Crippen molar-refractivity contribution in [3.63, 3.8) is 0 Å². The van der Waals surface area contributed by atoms with Crippen LogP contribution >= 0.6 is 0 Å². The fourth-order valence-corrected chi connectivity index (χ4v) is 4.58. The van der Waals surface area contributed by atoms with E-state index in [-0.39, 0.29) is 17.7 Å². The van der Waals surface area contributed by atoms with Crippen LogP contribution in [0.2, 0.25) is 0 Å². The van der Waals surface area contributed by atoms with E-state index in [0.717, 1.165) is 37.7 Å². The summed E-state index contributed by atoms with van der Waals surface area (Å²) in [5, 5.41) is 5.85. The number of carbonyl (C=O) groups excluding carboxylic acids is 3. The highest BCUT2D eigenvalue weighted by atomic mass is 16.6. The van der Waals surface area contributed by atoms with Crippen molar-refractivity contribution in [2.24, 2.45) is 5.92 Å². The third kappa shape index (κ3) is 10.7. The Bertz CT molecular complexity index is 1080. The Hall–Kier alpha value is -3.35. The van der Waals surface area contributed by atoms with Crippen LogP contribution in [0, 0.1) is 12.8 Å². The highest BCUT2D eigenvalue weighted by molar-refractivity contribution is 5.99. The molecule has 7 heteroatoms. The molecule has 0 aliphatic rings. The van der Waals surface area contributed by atoms with Crippen molar-refractivity contribution in [1.82, 2.24) is 10.2 Å². The lowest BCUT2D eigenvalue weighted by atomic mass is 9.98. The number of nitrogens with zero attached hydrogens (tertiary/aromatic N) is 1. The predicted molar refractivity (Wildman–Crippen MR) is 162 cm³/mol. The van der Waals surface area contributed by atoms with E-state index < -0.39 is 23.8 Å². The van der Waals surface area contributed by atoms with Crippen molar-refractivity contribution in [1.29, 1.82) is 0 Å². The number of anilines is 1. The summed E-state index contributed by atoms with van der Waals surface area (Å²) in [7, 11) is 0. The highest BCUT2D eigenvalue weighted by Crippen LogP contribution is 2.27. The number of hydrogen-bond donors (Lipinski definition) is 2. The summed E-state index contributed by atoms with van der Waals surface area (Å²) >= 11 is 0. The first kappa shape index (κ1) is 32.9. The minimum atomic E-state index is -0.870. The van der Waals surface area contributed by atoms with Crippen LogP contribution in [0.15, 0.2) is 54.6 Å². The van der Waals surface area contributed by atoms with Crippen LogP contribution in [0.25, 0.3) is 0 Å². The van der Waals surface area contributed by atoms with Gasteiger partial charge >= 0.3 is 6.09 Å². The van der Waals surface area contributed by atoms with Gasteiger partial charge in [-0.1, -0.05) is 101 Å². The van der Waals surface area contributed by atoms with Gasteiger partial charge in [0.25, 0.3) is 5.91 Å². The summed E-state index contributed by atoms with van der Waals surface area (Å²) in [6.07, 6.45) is 5.62. The van der Waals surface area contributed by atoms with E-state index in [9.17, 15) is 14.4 Å². The molecule has 7 nitrogen and oxygen atoms in total. The van der Waals surface area contributed by atoms with Crippen molar-refractivity contribution in [3.8, 4) is 0 Å². The number of rotatable bonds is 14. The topological polar surface area (TPSA) is 87.7 Å². The Morgan fingerprint density at radius 2 is 1.48 bits per heavy atom. The molecular weight excluding hydrogens is 502 g/mol. The number of benzene rings is 2. The summed E-state index contributed by atoms with van der Waals surface area (Å²) in [5.74, 6) is -0.814. The van der Waals surface area contributed by atoms with E-state index in [1.807, 2.05) is 75.4 Å². The number of alkyl carbamates (subject to hydrolysis) is 1. The molecule has 0 radical (unpaired) electrons. The Morgan fingerprint density at radius 3 is 2.08 bits per heavy atom. The number of carbonyl (C=O) groups is 3. The number of nitrogens with one attached hydrogen (secondary N) is 2. The van der Waals surface area contributed by atoms with Gasteiger partial charge in [-0.3, -0.25) is 9.59 Å². The maximum absolute atomic E-state index is 14.3. The Balaban J connectivity index is 2.45. The molecule has 40 heavy (non-hydrogen) atoms. The van der Waals surface area contributed by atoms with Gasteiger partial charge in [-0.2, -0.15) is 0 Å². The van der Waals surface area contributed by atoms with Crippen LogP contribution in [0.5, 0.6) is 0 Å². The van der Waals surface area contributed by atoms with Gasteiger partial charge in [0.05, 0.1) is 0 Å². The highest BCUT2D eigenvalue weighted by Gasteiger charge is 2.37. The summed E-state index contributed by atoms with van der Waals surface area (Å²) in [6, 6.07) is 15.2. The SMILES string of the molecule is CCCCCCCCN(C(=O)C(NC(=O)OC(C)(C)C)C(C)C)C(C(=O)Nc1ccccc1C)c1ccccc1. The molecule has 2 atom stereocenters. The molecule has 2 N–H and O–H groups in total. The van der Waals surface area contributed by atoms with Gasteiger partial charge < -0.3 is 20.3 Å². The molecule has 220 valence electrons. The lowest BCUT2D eigenvalue weighted by Crippen LogP contribution is -2.54. The normalized spacial score (nSPS) is 12.9. The van der Waals surface area contributed by atoms with Crippen LogP contribution in [-0.4, -0.2) is 41.0 Å². The molecule has 0 aromatic heterocycles. The second kappa shape index (κ2) is 16.0. The van der Waals surface area contributed by atoms with Crippen molar-refractivity contribution >= 4 is 23.6 Å². The molecule has 0 aliphatic heterocycles. The Labute approximate surface area is 241 Å². The molecule has 2 aromatic carbocycles. The van der Waals surface area contributed by atoms with Gasteiger partial charge in [0.15, 0.2) is 0 Å². The summed E-state index contributed by atoms with van der Waals surface area (Å²) in [5.41, 5.74) is 1.65. The summed E-state index contributed by atoms with van der Waals surface area (Å²) in [6.45, 7) is 13.6. The number of ether oxygens (including phenoxy) is 1. The van der Waals surface area contributed by atoms with E-state index in [4.69, 9.17) is 4.74 Å². The van der Waals surface area contributed by atoms with Gasteiger partial charge in [-0.05, 0) is 57.2 Å². The van der Waals surface area contributed by atoms with E-state index >= 15 is 0 Å². The molecule has 0 heterocycles. The van der Waals surface area contributed by atoms with Gasteiger partial charge in [0.2, 0.25) is 5.91 Å². The largest absolute Gasteiger partial charge is 0.444 e. The second-order valence-electron chi connectivity index (χ2n) is 11.8. The van der Waals surface area contributed by atoms with Crippen LogP contribution in [0.1, 0.15) is 97.2 Å². The fraction of sp³-hybridized carbons (Fsp3) is 0.545. The molecule has 0 fully saturated rings. The molecule has 3 amide bonds. The van der Waals surface area contributed by atoms with Gasteiger partial charge in [0.1, 0.15) is 17.7 Å². The van der Waals surface area contributed by atoms with E-state index in [1.165, 1.54) is 6.42 Å². The van der Waals surface area contributed by atoms with Crippen LogP contribution in [0.4, 0.5) is 10.5 Å². The zero-order valence-corrected chi connectivity index (χ0v) is 25.5. The standard InChI is InChI=1S/C33H49N3O4/c1-8-9-10-11-12-18-23-36(31(38)28(24(2)3)35-32(39)40-33(5,6)7)29(26-20-14-13-15-21-26)30(37)34-27-22-17-16-19-25(27)4/h13-17,19-22,24,28-29H,8-12,18,23H2,1-7H3,(H,34,37)(H,35,39). The molecule has 2 rings (SSSR count). The third-order valence-corrected chi connectivity index (χ3v) is 6.72. The zero-order valence-electron chi connectivity index (χ0n) is 25.5. The monoisotopic (exact) mass is 551 g/mol. The Kier molecular flexibility index (Phi) is 13.2. The zero-order chi connectivity index (χ0) is 29.7. The molecule has 0 saturated heterocycles. The average Bonchev–Trinajstić information content (AvgIpc) is 2.89. The number of unbranched alkanes of at least 4 members (excludes halogenated alkanes) is 5. The Morgan fingerprint density at radius 1 is 0.875 bits per heavy atom. The number of aryl methyl sites for hydroxylation is 1. The minimum Gasteiger partial charge on any atom is -0.444 e. The molecule has 2 unspecified atom stereocenters. The van der Waals surface area contributed by atoms with E-state index in [0.29, 0.717) is 17.8 Å². The average molecular weight is 552 g/mol. The second-order valence-corrected chi connectivity index (χ2v) is 11.8. The number of para-hydroxylation sites is 1. The summed E-state index contributed by atoms with van der Waals surface area (Å²) in [4.78, 5) is 42.6. The third-order valence-electron chi connectivity index (χ3n) is 6.72. The van der Waals surface area contributed by atoms with Crippen molar-refractivity contribution in [2.75, 3.05) is 11.9 Å². The van der Waals surface area contributed by atoms with Crippen molar-refractivity contribution < 1.29 is 19.1 Å². The van der Waals surface area contributed by atoms with Crippen LogP contribution in [-0.2, 0) is 14.3 Å². The lowest BCUT2D eigenvalue weighted by Gasteiger charge is -2.35. The van der Waals surface area contributed by atoms with Crippen LogP contribution in [0.3, 0.4) is 0 Å². The predicted octanol–water partition coefficient (Wildman–Crippen LogP) is 7.41. The maximum Gasteiger partial charge on any atom is 0.408 e. The number of amides is 3. The fourth-order valence-electron chi connectivity index (χ4n) is 4.58. The molecule has 0 aliphatic carbocycles. The van der Waals surface area contributed by atoms with E-state index in [2.05, 4.69) is 17.6 Å². The first-order valence-corrected chi connectivity index (χ1v) is 14.7. The molecule has 0 spiro atoms. The molecular formula is C33H49N3O4. The van der Waals surface area contributed by atoms with Gasteiger partial charge in [-0.25, -0.2) is 4.79 Å². The lowest BCUT2D eigenvalue weighted by molar-refractivity contribution is -0.141. The molecule has 2 aromatic rings. The summed E-state index contributed by atoms with van der Waals surface area (Å²) < 4.78 is 5.47. The molecule has 0 saturated carbocycles.